The molecule has 0 amide bonds. The lowest BCUT2D eigenvalue weighted by Gasteiger charge is -2.11. The van der Waals surface area contributed by atoms with Crippen LogP contribution in [0.15, 0.2) is 54.4 Å². The van der Waals surface area contributed by atoms with Crippen molar-refractivity contribution in [3.05, 3.63) is 71.4 Å². The van der Waals surface area contributed by atoms with Gasteiger partial charge < -0.3 is 4.74 Å². The van der Waals surface area contributed by atoms with E-state index in [2.05, 4.69) is 21.6 Å². The minimum atomic E-state index is -0.622. The molecule has 0 saturated carbocycles. The zero-order chi connectivity index (χ0) is 22.6. The Labute approximate surface area is 181 Å². The zero-order valence-corrected chi connectivity index (χ0v) is 17.7. The standard InChI is InChI=1S/C23H19FN6O2/c1-5-13-6-17(24)22(26-9-13)30-21-16-7-15(14-10-27-28(2)12-14)20(32-4)8-18(16)25-11-19(21)29(3)23(30)31/h5-12H,1H2,2-4H3. The number of benzene rings is 1. The van der Waals surface area contributed by atoms with Crippen LogP contribution in [0.25, 0.3) is 45.0 Å². The van der Waals surface area contributed by atoms with Crippen molar-refractivity contribution in [3.8, 4) is 22.7 Å². The van der Waals surface area contributed by atoms with E-state index in [4.69, 9.17) is 4.74 Å². The zero-order valence-electron chi connectivity index (χ0n) is 17.7. The molecule has 0 fully saturated rings. The van der Waals surface area contributed by atoms with E-state index >= 15 is 0 Å². The summed E-state index contributed by atoms with van der Waals surface area (Å²) in [4.78, 5) is 21.9. The molecule has 8 nitrogen and oxygen atoms in total. The summed E-state index contributed by atoms with van der Waals surface area (Å²) < 4.78 is 25.0. The lowest BCUT2D eigenvalue weighted by molar-refractivity contribution is 0.417. The number of hydrogen-bond donors (Lipinski definition) is 0. The van der Waals surface area contributed by atoms with E-state index in [1.165, 1.54) is 27.5 Å². The number of methoxy groups -OCH3 is 1. The van der Waals surface area contributed by atoms with E-state index in [-0.39, 0.29) is 5.82 Å². The van der Waals surface area contributed by atoms with E-state index in [9.17, 15) is 9.18 Å². The van der Waals surface area contributed by atoms with Crippen LogP contribution in [0.3, 0.4) is 0 Å². The summed E-state index contributed by atoms with van der Waals surface area (Å²) in [7, 11) is 5.03. The third-order valence-electron chi connectivity index (χ3n) is 5.51. The van der Waals surface area contributed by atoms with Gasteiger partial charge >= 0.3 is 5.69 Å². The van der Waals surface area contributed by atoms with Crippen LogP contribution < -0.4 is 10.4 Å². The summed E-state index contributed by atoms with van der Waals surface area (Å²) in [6.07, 6.45) is 8.16. The van der Waals surface area contributed by atoms with Crippen molar-refractivity contribution in [2.24, 2.45) is 14.1 Å². The molecule has 0 aliphatic rings. The highest BCUT2D eigenvalue weighted by atomic mass is 19.1. The van der Waals surface area contributed by atoms with Crippen LogP contribution >= 0.6 is 0 Å². The molecule has 0 atom stereocenters. The van der Waals surface area contributed by atoms with Crippen LogP contribution in [-0.4, -0.2) is 36.0 Å². The average Bonchev–Trinajstić information content (AvgIpc) is 3.34. The van der Waals surface area contributed by atoms with Crippen LogP contribution in [0, 0.1) is 5.82 Å². The SMILES string of the molecule is C=Cc1cnc(-n2c(=O)n(C)c3cnc4cc(OC)c(-c5cnn(C)c5)cc4c32)c(F)c1. The van der Waals surface area contributed by atoms with E-state index < -0.39 is 11.5 Å². The molecular weight excluding hydrogens is 411 g/mol. The molecule has 5 rings (SSSR count). The van der Waals surface area contributed by atoms with Gasteiger partial charge in [-0.1, -0.05) is 12.7 Å². The maximum Gasteiger partial charge on any atom is 0.334 e. The van der Waals surface area contributed by atoms with Gasteiger partial charge in [0.25, 0.3) is 0 Å². The first-order valence-corrected chi connectivity index (χ1v) is 9.78. The van der Waals surface area contributed by atoms with Crippen molar-refractivity contribution >= 4 is 28.0 Å². The second-order valence-electron chi connectivity index (χ2n) is 7.42. The Morgan fingerprint density at radius 1 is 1.12 bits per heavy atom. The fraction of sp³-hybridized carbons (Fsp3) is 0.130. The fourth-order valence-corrected chi connectivity index (χ4v) is 3.90. The van der Waals surface area contributed by atoms with Crippen molar-refractivity contribution in [3.63, 3.8) is 0 Å². The lowest BCUT2D eigenvalue weighted by atomic mass is 10.0. The van der Waals surface area contributed by atoms with Gasteiger partial charge in [-0.25, -0.2) is 18.7 Å². The second kappa shape index (κ2) is 7.16. The Kier molecular flexibility index (Phi) is 4.40. The summed E-state index contributed by atoms with van der Waals surface area (Å²) in [6.45, 7) is 3.64. The Bertz CT molecular complexity index is 1590. The first kappa shape index (κ1) is 19.7. The molecular formula is C23H19FN6O2. The average molecular weight is 430 g/mol. The molecule has 32 heavy (non-hydrogen) atoms. The molecule has 0 spiro atoms. The number of imidazole rings is 1. The molecule has 0 aliphatic heterocycles. The fourth-order valence-electron chi connectivity index (χ4n) is 3.90. The molecule has 5 aromatic rings. The second-order valence-corrected chi connectivity index (χ2v) is 7.42. The molecule has 0 unspecified atom stereocenters. The Morgan fingerprint density at radius 2 is 1.94 bits per heavy atom. The van der Waals surface area contributed by atoms with Crippen LogP contribution in [0.4, 0.5) is 4.39 Å². The van der Waals surface area contributed by atoms with Crippen LogP contribution in [-0.2, 0) is 14.1 Å². The van der Waals surface area contributed by atoms with Crippen molar-refractivity contribution in [2.45, 2.75) is 0 Å². The summed E-state index contributed by atoms with van der Waals surface area (Å²) in [6, 6.07) is 4.98. The number of hydrogen-bond acceptors (Lipinski definition) is 5. The van der Waals surface area contributed by atoms with Gasteiger partial charge in [0, 0.05) is 49.1 Å². The van der Waals surface area contributed by atoms with Gasteiger partial charge in [0.05, 0.1) is 36.1 Å². The largest absolute Gasteiger partial charge is 0.496 e. The molecule has 0 N–H and O–H groups in total. The van der Waals surface area contributed by atoms with Gasteiger partial charge in [0.2, 0.25) is 0 Å². The van der Waals surface area contributed by atoms with Crippen molar-refractivity contribution in [1.29, 1.82) is 0 Å². The first-order chi connectivity index (χ1) is 15.4. The number of fused-ring (bicyclic) bond motifs is 3. The molecule has 0 bridgehead atoms. The van der Waals surface area contributed by atoms with Gasteiger partial charge in [0.1, 0.15) is 5.75 Å². The Balaban J connectivity index is 1.92. The highest BCUT2D eigenvalue weighted by Crippen LogP contribution is 2.36. The van der Waals surface area contributed by atoms with E-state index in [0.29, 0.717) is 33.2 Å². The monoisotopic (exact) mass is 430 g/mol. The number of pyridine rings is 2. The highest BCUT2D eigenvalue weighted by Gasteiger charge is 2.21. The predicted molar refractivity (Wildman–Crippen MR) is 120 cm³/mol. The normalized spacial score (nSPS) is 11.4. The molecule has 0 saturated heterocycles. The number of aryl methyl sites for hydroxylation is 2. The van der Waals surface area contributed by atoms with Gasteiger partial charge in [-0.3, -0.25) is 14.2 Å². The number of halogens is 1. The van der Waals surface area contributed by atoms with Crippen molar-refractivity contribution < 1.29 is 9.13 Å². The van der Waals surface area contributed by atoms with Crippen molar-refractivity contribution in [2.75, 3.05) is 7.11 Å². The maximum absolute atomic E-state index is 15.0. The van der Waals surface area contributed by atoms with E-state index in [1.807, 2.05) is 19.3 Å². The van der Waals surface area contributed by atoms with Crippen LogP contribution in [0.5, 0.6) is 5.75 Å². The Morgan fingerprint density at radius 3 is 2.59 bits per heavy atom. The number of nitrogens with zero attached hydrogens (tertiary/aromatic N) is 6. The van der Waals surface area contributed by atoms with Crippen molar-refractivity contribution in [1.82, 2.24) is 28.9 Å². The third kappa shape index (κ3) is 2.82. The smallest absolute Gasteiger partial charge is 0.334 e. The predicted octanol–water partition coefficient (Wildman–Crippen LogP) is 3.46. The third-order valence-corrected chi connectivity index (χ3v) is 5.51. The molecule has 9 heteroatoms. The van der Waals surface area contributed by atoms with E-state index in [1.54, 1.807) is 37.3 Å². The summed E-state index contributed by atoms with van der Waals surface area (Å²) in [5, 5.41) is 4.90. The summed E-state index contributed by atoms with van der Waals surface area (Å²) in [5.41, 5.74) is 3.38. The number of ether oxygens (including phenoxy) is 1. The molecule has 4 heterocycles. The van der Waals surface area contributed by atoms with Gasteiger partial charge in [-0.15, -0.1) is 0 Å². The van der Waals surface area contributed by atoms with E-state index in [0.717, 1.165) is 11.1 Å². The number of aromatic nitrogens is 6. The van der Waals surface area contributed by atoms with Gasteiger partial charge in [0.15, 0.2) is 11.6 Å². The molecule has 4 aromatic heterocycles. The minimum Gasteiger partial charge on any atom is -0.496 e. The lowest BCUT2D eigenvalue weighted by Crippen LogP contribution is -2.22. The Hall–Kier alpha value is -4.27. The van der Waals surface area contributed by atoms with Gasteiger partial charge in [-0.2, -0.15) is 5.10 Å². The van der Waals surface area contributed by atoms with Crippen LogP contribution in [0.2, 0.25) is 0 Å². The van der Waals surface area contributed by atoms with Gasteiger partial charge in [-0.05, 0) is 17.7 Å². The molecule has 160 valence electrons. The molecule has 1 aromatic carbocycles. The topological polar surface area (TPSA) is 79.8 Å². The summed E-state index contributed by atoms with van der Waals surface area (Å²) >= 11 is 0. The maximum atomic E-state index is 15.0. The molecule has 0 aliphatic carbocycles. The highest BCUT2D eigenvalue weighted by molar-refractivity contribution is 6.05. The van der Waals surface area contributed by atoms with Crippen LogP contribution in [0.1, 0.15) is 5.56 Å². The number of rotatable bonds is 4. The summed E-state index contributed by atoms with van der Waals surface area (Å²) in [5.74, 6) is -0.0952. The molecule has 0 radical (unpaired) electrons. The minimum absolute atomic E-state index is 0.0857. The first-order valence-electron chi connectivity index (χ1n) is 9.78. The quantitative estimate of drug-likeness (QED) is 0.436.